The van der Waals surface area contributed by atoms with Gasteiger partial charge in [0.15, 0.2) is 0 Å². The summed E-state index contributed by atoms with van der Waals surface area (Å²) >= 11 is 0. The van der Waals surface area contributed by atoms with E-state index in [0.717, 1.165) is 44.7 Å². The fourth-order valence-corrected chi connectivity index (χ4v) is 3.39. The van der Waals surface area contributed by atoms with Gasteiger partial charge in [-0.25, -0.2) is 5.26 Å². The molecule has 1 aliphatic carbocycles. The molecule has 0 aromatic heterocycles. The summed E-state index contributed by atoms with van der Waals surface area (Å²) in [5.74, 6) is 2.36. The van der Waals surface area contributed by atoms with Gasteiger partial charge in [0.05, 0.1) is 5.60 Å². The van der Waals surface area contributed by atoms with Crippen LogP contribution in [0, 0.1) is 16.6 Å². The van der Waals surface area contributed by atoms with Crippen molar-refractivity contribution < 1.29 is 5.11 Å². The molecule has 14 heavy (non-hydrogen) atoms. The van der Waals surface area contributed by atoms with Crippen molar-refractivity contribution in [2.24, 2.45) is 5.41 Å². The monoisotopic (exact) mass is 191 g/mol. The van der Waals surface area contributed by atoms with Crippen molar-refractivity contribution in [3.8, 4) is 5.97 Å². The number of rotatable bonds is 0. The van der Waals surface area contributed by atoms with E-state index >= 15 is 0 Å². The Balaban J connectivity index is 2.09. The molecule has 0 aromatic carbocycles. The second-order valence-corrected chi connectivity index (χ2v) is 5.31. The summed E-state index contributed by atoms with van der Waals surface area (Å²) in [5.41, 5.74) is -0.312. The van der Waals surface area contributed by atoms with Gasteiger partial charge in [-0.15, -0.1) is 0 Å². The first-order chi connectivity index (χ1) is 6.60. The van der Waals surface area contributed by atoms with Crippen LogP contribution in [0.3, 0.4) is 0 Å². The van der Waals surface area contributed by atoms with Crippen LogP contribution in [-0.2, 0) is 0 Å². The molecule has 0 bridgehead atoms. The lowest BCUT2D eigenvalue weighted by molar-refractivity contribution is -0.0527. The number of hydrogen-bond acceptors (Lipinski definition) is 2. The molecule has 1 atom stereocenters. The standard InChI is InChI=1S/C11H18BNO/c1-10(14)3-2-4-11(10)5-7-12(9-13)8-6-11/h14H,2-8H2,1H3. The first kappa shape index (κ1) is 10.0. The molecule has 3 heteroatoms. The maximum atomic E-state index is 10.3. The molecule has 0 amide bonds. The molecular formula is C11H18BNO. The highest BCUT2D eigenvalue weighted by Gasteiger charge is 2.52. The second-order valence-electron chi connectivity index (χ2n) is 5.31. The minimum Gasteiger partial charge on any atom is -0.390 e. The Morgan fingerprint density at radius 3 is 2.29 bits per heavy atom. The van der Waals surface area contributed by atoms with Crippen molar-refractivity contribution in [2.45, 2.75) is 57.3 Å². The molecule has 2 rings (SSSR count). The summed E-state index contributed by atoms with van der Waals surface area (Å²) in [5, 5.41) is 19.2. The molecule has 1 unspecified atom stereocenters. The molecule has 1 saturated carbocycles. The van der Waals surface area contributed by atoms with Gasteiger partial charge in [0.2, 0.25) is 0 Å². The van der Waals surface area contributed by atoms with Gasteiger partial charge in [-0.1, -0.05) is 25.5 Å². The van der Waals surface area contributed by atoms with Crippen molar-refractivity contribution >= 4 is 6.71 Å². The van der Waals surface area contributed by atoms with E-state index in [1.165, 1.54) is 0 Å². The van der Waals surface area contributed by atoms with Gasteiger partial charge in [-0.05, 0) is 31.6 Å². The van der Waals surface area contributed by atoms with Gasteiger partial charge in [0.1, 0.15) is 0 Å². The van der Waals surface area contributed by atoms with E-state index in [2.05, 4.69) is 5.97 Å². The SMILES string of the molecule is CC1(O)CCCC12CCB(C#N)CC2. The van der Waals surface area contributed by atoms with E-state index in [-0.39, 0.29) is 12.1 Å². The van der Waals surface area contributed by atoms with E-state index in [4.69, 9.17) is 5.26 Å². The third kappa shape index (κ3) is 1.37. The van der Waals surface area contributed by atoms with E-state index < -0.39 is 5.60 Å². The summed E-state index contributed by atoms with van der Waals surface area (Å²) in [6.07, 6.45) is 7.36. The van der Waals surface area contributed by atoms with Gasteiger partial charge in [-0.2, -0.15) is 0 Å². The lowest BCUT2D eigenvalue weighted by Crippen LogP contribution is -2.44. The van der Waals surface area contributed by atoms with Crippen LogP contribution in [0.4, 0.5) is 0 Å². The minimum atomic E-state index is -0.465. The van der Waals surface area contributed by atoms with E-state index in [1.807, 2.05) is 6.92 Å². The molecule has 2 nitrogen and oxygen atoms in total. The van der Waals surface area contributed by atoms with E-state index in [9.17, 15) is 5.11 Å². The summed E-state index contributed by atoms with van der Waals surface area (Å²) < 4.78 is 0. The quantitative estimate of drug-likeness (QED) is 0.596. The van der Waals surface area contributed by atoms with Crippen molar-refractivity contribution in [3.05, 3.63) is 0 Å². The molecular weight excluding hydrogens is 173 g/mol. The molecule has 1 aliphatic heterocycles. The first-order valence-corrected chi connectivity index (χ1v) is 5.72. The molecule has 76 valence electrons. The summed E-state index contributed by atoms with van der Waals surface area (Å²) in [7, 11) is 0. The van der Waals surface area contributed by atoms with Gasteiger partial charge in [-0.3, -0.25) is 0 Å². The first-order valence-electron chi connectivity index (χ1n) is 5.72. The highest BCUT2D eigenvalue weighted by Crippen LogP contribution is 2.55. The molecule has 1 N–H and O–H groups in total. The molecule has 1 heterocycles. The fourth-order valence-electron chi connectivity index (χ4n) is 3.39. The zero-order chi connectivity index (χ0) is 10.2. The normalized spacial score (nSPS) is 35.9. The van der Waals surface area contributed by atoms with Crippen LogP contribution >= 0.6 is 0 Å². The highest BCUT2D eigenvalue weighted by molar-refractivity contribution is 6.67. The molecule has 2 aliphatic rings. The van der Waals surface area contributed by atoms with Gasteiger partial charge >= 0.3 is 0 Å². The molecule has 0 aromatic rings. The van der Waals surface area contributed by atoms with Crippen LogP contribution in [0.25, 0.3) is 0 Å². The summed E-state index contributed by atoms with van der Waals surface area (Å²) in [4.78, 5) is 0. The van der Waals surface area contributed by atoms with E-state index in [0.29, 0.717) is 0 Å². The Kier molecular flexibility index (Phi) is 2.35. The maximum Gasteiger partial charge on any atom is 0.267 e. The van der Waals surface area contributed by atoms with Crippen LogP contribution in [0.1, 0.15) is 39.0 Å². The van der Waals surface area contributed by atoms with Crippen molar-refractivity contribution in [1.29, 1.82) is 5.26 Å². The van der Waals surface area contributed by atoms with Crippen LogP contribution in [0.5, 0.6) is 0 Å². The third-order valence-corrected chi connectivity index (χ3v) is 4.59. The molecule has 2 fully saturated rings. The number of hydrogen-bond donors (Lipinski definition) is 1. The van der Waals surface area contributed by atoms with Crippen molar-refractivity contribution in [3.63, 3.8) is 0 Å². The Labute approximate surface area is 86.4 Å². The zero-order valence-corrected chi connectivity index (χ0v) is 8.92. The highest BCUT2D eigenvalue weighted by atomic mass is 16.3. The topological polar surface area (TPSA) is 44.0 Å². The average molecular weight is 191 g/mol. The average Bonchev–Trinajstić information content (AvgIpc) is 2.44. The molecule has 0 radical (unpaired) electrons. The Morgan fingerprint density at radius 2 is 1.86 bits per heavy atom. The van der Waals surface area contributed by atoms with Crippen LogP contribution in [-0.4, -0.2) is 17.4 Å². The van der Waals surface area contributed by atoms with Crippen LogP contribution in [0.2, 0.25) is 12.6 Å². The zero-order valence-electron chi connectivity index (χ0n) is 8.92. The lowest BCUT2D eigenvalue weighted by Gasteiger charge is -2.43. The molecule has 1 saturated heterocycles. The largest absolute Gasteiger partial charge is 0.390 e. The second kappa shape index (κ2) is 3.27. The maximum absolute atomic E-state index is 10.3. The van der Waals surface area contributed by atoms with Gasteiger partial charge in [0.25, 0.3) is 6.71 Å². The number of nitrogens with zero attached hydrogens (tertiary/aromatic N) is 1. The predicted octanol–water partition coefficient (Wildman–Crippen LogP) is 2.26. The van der Waals surface area contributed by atoms with Crippen molar-refractivity contribution in [1.82, 2.24) is 0 Å². The number of nitriles is 1. The summed E-state index contributed by atoms with van der Waals surface area (Å²) in [6.45, 7) is 2.24. The Morgan fingerprint density at radius 1 is 1.21 bits per heavy atom. The Bertz CT molecular complexity index is 261. The molecule has 1 spiro atoms. The van der Waals surface area contributed by atoms with Crippen LogP contribution in [0.15, 0.2) is 0 Å². The number of aliphatic hydroxyl groups is 1. The third-order valence-electron chi connectivity index (χ3n) is 4.59. The van der Waals surface area contributed by atoms with Gasteiger partial charge < -0.3 is 5.11 Å². The minimum absolute atomic E-state index is 0.153. The fraction of sp³-hybridized carbons (Fsp3) is 0.909. The van der Waals surface area contributed by atoms with E-state index in [1.54, 1.807) is 0 Å². The lowest BCUT2D eigenvalue weighted by atomic mass is 9.38. The van der Waals surface area contributed by atoms with Crippen LogP contribution < -0.4 is 0 Å². The summed E-state index contributed by atoms with van der Waals surface area (Å²) in [6, 6.07) is 0. The smallest absolute Gasteiger partial charge is 0.267 e. The predicted molar refractivity (Wildman–Crippen MR) is 57.1 cm³/mol. The van der Waals surface area contributed by atoms with Crippen molar-refractivity contribution in [2.75, 3.05) is 0 Å². The Hall–Kier alpha value is -0.485. The van der Waals surface area contributed by atoms with Gasteiger partial charge in [0, 0.05) is 5.97 Å².